The Hall–Kier alpha value is -2.77. The zero-order valence-electron chi connectivity index (χ0n) is 14.3. The Kier molecular flexibility index (Phi) is 5.74. The van der Waals surface area contributed by atoms with Gasteiger partial charge in [-0.05, 0) is 18.1 Å². The van der Waals surface area contributed by atoms with E-state index in [2.05, 4.69) is 5.32 Å². The molecule has 1 atom stereocenters. The second kappa shape index (κ2) is 7.63. The summed E-state index contributed by atoms with van der Waals surface area (Å²) < 4.78 is 39.7. The van der Waals surface area contributed by atoms with E-state index >= 15 is 0 Å². The lowest BCUT2D eigenvalue weighted by atomic mass is 9.98. The SMILES string of the molecule is C[C@H](Cc1cccc(C(F)(F)F)c1)C(=O)NCc1cc(=O)c(O)cn1C. The number of aromatic hydroxyl groups is 1. The van der Waals surface area contributed by atoms with Gasteiger partial charge in [-0.3, -0.25) is 9.59 Å². The standard InChI is InChI=1S/C18H19F3N2O3/c1-11(6-12-4-3-5-13(7-12)18(19,20)21)17(26)22-9-14-8-15(24)16(25)10-23(14)2/h3-5,7-8,10-11,25H,6,9H2,1-2H3,(H,22,26)/t11-/m1/s1. The van der Waals surface area contributed by atoms with Crippen molar-refractivity contribution in [1.82, 2.24) is 9.88 Å². The predicted octanol–water partition coefficient (Wildman–Crippen LogP) is 2.60. The van der Waals surface area contributed by atoms with Crippen LogP contribution in [0.3, 0.4) is 0 Å². The zero-order valence-corrected chi connectivity index (χ0v) is 14.3. The molecule has 0 saturated heterocycles. The molecule has 1 heterocycles. The van der Waals surface area contributed by atoms with E-state index in [-0.39, 0.29) is 24.6 Å². The fourth-order valence-corrected chi connectivity index (χ4v) is 2.51. The molecular formula is C18H19F3N2O3. The van der Waals surface area contributed by atoms with Crippen molar-refractivity contribution in [1.29, 1.82) is 0 Å². The maximum atomic E-state index is 12.7. The number of nitrogens with one attached hydrogen (secondary N) is 1. The summed E-state index contributed by atoms with van der Waals surface area (Å²) in [7, 11) is 1.62. The average molecular weight is 368 g/mol. The third-order valence-corrected chi connectivity index (χ3v) is 4.01. The van der Waals surface area contributed by atoms with Gasteiger partial charge in [0.05, 0.1) is 12.1 Å². The van der Waals surface area contributed by atoms with E-state index in [9.17, 15) is 27.9 Å². The van der Waals surface area contributed by atoms with Gasteiger partial charge in [-0.25, -0.2) is 0 Å². The molecule has 0 radical (unpaired) electrons. The maximum Gasteiger partial charge on any atom is 0.416 e. The average Bonchev–Trinajstić information content (AvgIpc) is 2.56. The molecule has 2 aromatic rings. The van der Waals surface area contributed by atoms with Gasteiger partial charge >= 0.3 is 6.18 Å². The first-order valence-electron chi connectivity index (χ1n) is 7.90. The van der Waals surface area contributed by atoms with Crippen LogP contribution in [0.15, 0.2) is 41.3 Å². The Labute approximate surface area is 148 Å². The number of hydrogen-bond donors (Lipinski definition) is 2. The molecule has 0 fully saturated rings. The number of aryl methyl sites for hydroxylation is 1. The first-order chi connectivity index (χ1) is 12.1. The van der Waals surface area contributed by atoms with Crippen molar-refractivity contribution in [3.63, 3.8) is 0 Å². The van der Waals surface area contributed by atoms with Crippen LogP contribution in [0, 0.1) is 5.92 Å². The van der Waals surface area contributed by atoms with Crippen molar-refractivity contribution >= 4 is 5.91 Å². The number of rotatable bonds is 5. The number of aromatic nitrogens is 1. The van der Waals surface area contributed by atoms with Gasteiger partial charge in [0.2, 0.25) is 11.3 Å². The van der Waals surface area contributed by atoms with E-state index in [1.165, 1.54) is 22.9 Å². The van der Waals surface area contributed by atoms with Gasteiger partial charge in [-0.15, -0.1) is 0 Å². The van der Waals surface area contributed by atoms with E-state index in [1.807, 2.05) is 0 Å². The van der Waals surface area contributed by atoms with Crippen LogP contribution < -0.4 is 10.7 Å². The largest absolute Gasteiger partial charge is 0.503 e. The third-order valence-electron chi connectivity index (χ3n) is 4.01. The lowest BCUT2D eigenvalue weighted by Gasteiger charge is -2.15. The Morgan fingerprint density at radius 3 is 2.65 bits per heavy atom. The van der Waals surface area contributed by atoms with Crippen LogP contribution in [-0.4, -0.2) is 15.6 Å². The van der Waals surface area contributed by atoms with E-state index in [4.69, 9.17) is 0 Å². The summed E-state index contributed by atoms with van der Waals surface area (Å²) in [6, 6.07) is 6.10. The first-order valence-corrected chi connectivity index (χ1v) is 7.90. The number of pyridine rings is 1. The first kappa shape index (κ1) is 19.6. The predicted molar refractivity (Wildman–Crippen MR) is 89.5 cm³/mol. The number of nitrogens with zero attached hydrogens (tertiary/aromatic N) is 1. The minimum atomic E-state index is -4.43. The monoisotopic (exact) mass is 368 g/mol. The molecule has 0 spiro atoms. The van der Waals surface area contributed by atoms with Gasteiger partial charge in [0.25, 0.3) is 0 Å². The summed E-state index contributed by atoms with van der Waals surface area (Å²) >= 11 is 0. The van der Waals surface area contributed by atoms with E-state index in [0.717, 1.165) is 12.1 Å². The molecule has 0 unspecified atom stereocenters. The normalized spacial score (nSPS) is 12.7. The van der Waals surface area contributed by atoms with E-state index in [0.29, 0.717) is 11.3 Å². The second-order valence-corrected chi connectivity index (χ2v) is 6.15. The summed E-state index contributed by atoms with van der Waals surface area (Å²) in [6.45, 7) is 1.68. The highest BCUT2D eigenvalue weighted by Crippen LogP contribution is 2.30. The fourth-order valence-electron chi connectivity index (χ4n) is 2.51. The molecule has 0 saturated carbocycles. The van der Waals surface area contributed by atoms with Crippen LogP contribution in [0.2, 0.25) is 0 Å². The number of hydrogen-bond acceptors (Lipinski definition) is 3. The summed E-state index contributed by atoms with van der Waals surface area (Å²) in [6.07, 6.45) is -3.02. The van der Waals surface area contributed by atoms with E-state index < -0.39 is 23.1 Å². The number of amides is 1. The highest BCUT2D eigenvalue weighted by molar-refractivity contribution is 5.78. The van der Waals surface area contributed by atoms with Crippen molar-refractivity contribution in [2.24, 2.45) is 13.0 Å². The Morgan fingerprint density at radius 2 is 2.00 bits per heavy atom. The smallest absolute Gasteiger partial charge is 0.416 e. The number of benzene rings is 1. The lowest BCUT2D eigenvalue weighted by molar-refractivity contribution is -0.137. The molecule has 0 aliphatic rings. The molecule has 2 rings (SSSR count). The third kappa shape index (κ3) is 4.87. The minimum Gasteiger partial charge on any atom is -0.503 e. The summed E-state index contributed by atoms with van der Waals surface area (Å²) in [5.41, 5.74) is -0.391. The van der Waals surface area contributed by atoms with Crippen molar-refractivity contribution in [3.8, 4) is 5.75 Å². The maximum absolute atomic E-state index is 12.7. The molecule has 1 aromatic heterocycles. The quantitative estimate of drug-likeness (QED) is 0.852. The van der Waals surface area contributed by atoms with Crippen LogP contribution in [0.4, 0.5) is 13.2 Å². The van der Waals surface area contributed by atoms with Gasteiger partial charge in [0.1, 0.15) is 0 Å². The van der Waals surface area contributed by atoms with Crippen LogP contribution in [0.25, 0.3) is 0 Å². The lowest BCUT2D eigenvalue weighted by Crippen LogP contribution is -2.31. The van der Waals surface area contributed by atoms with Crippen molar-refractivity contribution in [2.75, 3.05) is 0 Å². The van der Waals surface area contributed by atoms with E-state index in [1.54, 1.807) is 20.0 Å². The molecule has 2 N–H and O–H groups in total. The van der Waals surface area contributed by atoms with Gasteiger partial charge < -0.3 is 15.0 Å². The van der Waals surface area contributed by atoms with Gasteiger partial charge in [0, 0.05) is 30.9 Å². The molecule has 140 valence electrons. The number of halogens is 3. The molecule has 8 heteroatoms. The second-order valence-electron chi connectivity index (χ2n) is 6.15. The summed E-state index contributed by atoms with van der Waals surface area (Å²) in [5.74, 6) is -1.28. The molecule has 26 heavy (non-hydrogen) atoms. The molecule has 0 aliphatic heterocycles. The van der Waals surface area contributed by atoms with Gasteiger partial charge in [-0.1, -0.05) is 25.1 Å². The Balaban J connectivity index is 2.00. The van der Waals surface area contributed by atoms with Gasteiger partial charge in [-0.2, -0.15) is 13.2 Å². The molecule has 5 nitrogen and oxygen atoms in total. The molecular weight excluding hydrogens is 349 g/mol. The fraction of sp³-hybridized carbons (Fsp3) is 0.333. The van der Waals surface area contributed by atoms with Crippen LogP contribution >= 0.6 is 0 Å². The van der Waals surface area contributed by atoms with Crippen molar-refractivity contribution in [3.05, 3.63) is 63.6 Å². The minimum absolute atomic E-state index is 0.0672. The van der Waals surface area contributed by atoms with Crippen LogP contribution in [0.1, 0.15) is 23.7 Å². The van der Waals surface area contributed by atoms with Gasteiger partial charge in [0.15, 0.2) is 5.75 Å². The summed E-state index contributed by atoms with van der Waals surface area (Å²) in [5, 5.41) is 12.0. The number of carbonyl (C=O) groups excluding carboxylic acids is 1. The molecule has 0 aliphatic carbocycles. The zero-order chi connectivity index (χ0) is 19.5. The van der Waals surface area contributed by atoms with Crippen molar-refractivity contribution < 1.29 is 23.1 Å². The number of alkyl halides is 3. The van der Waals surface area contributed by atoms with Crippen LogP contribution in [-0.2, 0) is 31.0 Å². The number of carbonyl (C=O) groups is 1. The highest BCUT2D eigenvalue weighted by atomic mass is 19.4. The van der Waals surface area contributed by atoms with Crippen molar-refractivity contribution in [2.45, 2.75) is 26.1 Å². The highest BCUT2D eigenvalue weighted by Gasteiger charge is 2.30. The molecule has 1 amide bonds. The molecule has 0 bridgehead atoms. The topological polar surface area (TPSA) is 71.3 Å². The summed E-state index contributed by atoms with van der Waals surface area (Å²) in [4.78, 5) is 23.7. The van der Waals surface area contributed by atoms with Crippen LogP contribution in [0.5, 0.6) is 5.75 Å². The Bertz CT molecular complexity index is 859. The molecule has 1 aromatic carbocycles. The Morgan fingerprint density at radius 1 is 1.31 bits per heavy atom.